The zero-order valence-corrected chi connectivity index (χ0v) is 16.2. The summed E-state index contributed by atoms with van der Waals surface area (Å²) in [4.78, 5) is 12.4. The lowest BCUT2D eigenvalue weighted by Crippen LogP contribution is -2.10. The van der Waals surface area contributed by atoms with Crippen molar-refractivity contribution in [2.45, 2.75) is 13.5 Å². The van der Waals surface area contributed by atoms with Crippen LogP contribution < -0.4 is 4.74 Å². The summed E-state index contributed by atoms with van der Waals surface area (Å²) in [6.07, 6.45) is 0. The number of esters is 1. The lowest BCUT2D eigenvalue weighted by molar-refractivity contribution is 0.0388. The van der Waals surface area contributed by atoms with E-state index >= 15 is 0 Å². The first-order valence-corrected chi connectivity index (χ1v) is 8.95. The molecule has 1 heterocycles. The molecule has 26 heavy (non-hydrogen) atoms. The van der Waals surface area contributed by atoms with E-state index in [1.807, 2.05) is 30.3 Å². The van der Waals surface area contributed by atoms with Gasteiger partial charge >= 0.3 is 5.97 Å². The van der Waals surface area contributed by atoms with Gasteiger partial charge < -0.3 is 18.6 Å². The molecule has 0 radical (unpaired) electrons. The first kappa shape index (κ1) is 18.5. The molecule has 0 amide bonds. The van der Waals surface area contributed by atoms with E-state index in [9.17, 15) is 4.79 Å². The molecule has 0 saturated carbocycles. The maximum atomic E-state index is 12.4. The van der Waals surface area contributed by atoms with Crippen LogP contribution in [0.5, 0.6) is 5.75 Å². The number of furan rings is 1. The lowest BCUT2D eigenvalue weighted by Gasteiger charge is -2.09. The molecule has 0 N–H and O–H groups in total. The van der Waals surface area contributed by atoms with Gasteiger partial charge in [-0.25, -0.2) is 4.79 Å². The summed E-state index contributed by atoms with van der Waals surface area (Å²) in [7, 11) is 1.56. The van der Waals surface area contributed by atoms with Gasteiger partial charge in [-0.15, -0.1) is 0 Å². The summed E-state index contributed by atoms with van der Waals surface area (Å²) >= 11 is 3.50. The van der Waals surface area contributed by atoms with Crippen LogP contribution in [-0.4, -0.2) is 26.3 Å². The quantitative estimate of drug-likeness (QED) is 0.403. The Hall–Kier alpha value is -2.31. The zero-order valence-electron chi connectivity index (χ0n) is 14.6. The van der Waals surface area contributed by atoms with Crippen molar-refractivity contribution in [2.24, 2.45) is 0 Å². The Labute approximate surface area is 160 Å². The number of hydrogen-bond donors (Lipinski definition) is 0. The average molecular weight is 419 g/mol. The van der Waals surface area contributed by atoms with E-state index in [0.29, 0.717) is 41.3 Å². The zero-order chi connectivity index (χ0) is 18.5. The van der Waals surface area contributed by atoms with Crippen LogP contribution in [-0.2, 0) is 16.1 Å². The maximum absolute atomic E-state index is 12.4. The normalized spacial score (nSPS) is 10.9. The minimum Gasteiger partial charge on any atom is -0.488 e. The molecule has 2 aromatic carbocycles. The van der Waals surface area contributed by atoms with Crippen molar-refractivity contribution >= 4 is 32.9 Å². The Bertz CT molecular complexity index is 901. The number of ether oxygens (including phenoxy) is 3. The number of fused-ring (bicyclic) bond motifs is 1. The van der Waals surface area contributed by atoms with Gasteiger partial charge in [0.25, 0.3) is 0 Å². The molecule has 0 unspecified atom stereocenters. The topological polar surface area (TPSA) is 57.9 Å². The molecule has 3 rings (SSSR count). The van der Waals surface area contributed by atoms with Crippen LogP contribution in [0, 0.1) is 6.92 Å². The molecule has 0 bridgehead atoms. The summed E-state index contributed by atoms with van der Waals surface area (Å²) in [5.41, 5.74) is 2.07. The van der Waals surface area contributed by atoms with Crippen molar-refractivity contribution < 1.29 is 23.4 Å². The van der Waals surface area contributed by atoms with Gasteiger partial charge in [-0.3, -0.25) is 0 Å². The van der Waals surface area contributed by atoms with E-state index in [1.165, 1.54) is 0 Å². The van der Waals surface area contributed by atoms with Crippen molar-refractivity contribution in [3.63, 3.8) is 0 Å². The van der Waals surface area contributed by atoms with E-state index in [4.69, 9.17) is 18.6 Å². The molecule has 6 heteroatoms. The lowest BCUT2D eigenvalue weighted by atomic mass is 10.1. The highest BCUT2D eigenvalue weighted by Crippen LogP contribution is 2.35. The van der Waals surface area contributed by atoms with E-state index < -0.39 is 5.97 Å². The third-order valence-corrected chi connectivity index (χ3v) is 4.50. The number of hydrogen-bond acceptors (Lipinski definition) is 5. The van der Waals surface area contributed by atoms with Gasteiger partial charge in [-0.05, 0) is 40.5 Å². The fraction of sp³-hybridized carbons (Fsp3) is 0.250. The number of aryl methyl sites for hydroxylation is 1. The highest BCUT2D eigenvalue weighted by Gasteiger charge is 2.21. The van der Waals surface area contributed by atoms with Gasteiger partial charge in [-0.2, -0.15) is 0 Å². The molecule has 5 nitrogen and oxygen atoms in total. The molecule has 0 spiro atoms. The van der Waals surface area contributed by atoms with Crippen molar-refractivity contribution in [3.8, 4) is 5.75 Å². The van der Waals surface area contributed by atoms with Crippen LogP contribution in [0.25, 0.3) is 11.0 Å². The number of rotatable bonds is 7. The van der Waals surface area contributed by atoms with Crippen LogP contribution in [0.1, 0.15) is 21.7 Å². The number of carbonyl (C=O) groups excluding carboxylic acids is 1. The van der Waals surface area contributed by atoms with Gasteiger partial charge in [0.2, 0.25) is 0 Å². The summed E-state index contributed by atoms with van der Waals surface area (Å²) in [6.45, 7) is 2.70. The van der Waals surface area contributed by atoms with Crippen molar-refractivity contribution in [2.75, 3.05) is 20.3 Å². The molecular weight excluding hydrogens is 400 g/mol. The predicted molar refractivity (Wildman–Crippen MR) is 102 cm³/mol. The molecule has 0 saturated heterocycles. The first-order valence-electron chi connectivity index (χ1n) is 8.15. The minimum absolute atomic E-state index is 0.190. The highest BCUT2D eigenvalue weighted by molar-refractivity contribution is 9.10. The average Bonchev–Trinajstić information content (AvgIpc) is 2.95. The predicted octanol–water partition coefficient (Wildman–Crippen LogP) is 4.89. The van der Waals surface area contributed by atoms with Gasteiger partial charge in [0.05, 0.1) is 11.1 Å². The SMILES string of the molecule is COCCOC(=O)c1c(C)oc2cc(Br)c(OCc3ccccc3)cc12. The second kappa shape index (κ2) is 8.38. The van der Waals surface area contributed by atoms with Crippen LogP contribution in [0.15, 0.2) is 51.4 Å². The number of halogens is 1. The number of carbonyl (C=O) groups is 1. The third-order valence-electron chi connectivity index (χ3n) is 3.88. The minimum atomic E-state index is -0.436. The molecule has 0 fully saturated rings. The van der Waals surface area contributed by atoms with Crippen molar-refractivity contribution in [1.82, 2.24) is 0 Å². The van der Waals surface area contributed by atoms with E-state index in [1.54, 1.807) is 26.2 Å². The summed E-state index contributed by atoms with van der Waals surface area (Å²) in [5.74, 6) is 0.706. The summed E-state index contributed by atoms with van der Waals surface area (Å²) in [5, 5.41) is 0.663. The van der Waals surface area contributed by atoms with E-state index in [0.717, 1.165) is 10.0 Å². The van der Waals surface area contributed by atoms with Crippen LogP contribution in [0.3, 0.4) is 0 Å². The van der Waals surface area contributed by atoms with Crippen LogP contribution in [0.4, 0.5) is 0 Å². The molecule has 0 aliphatic rings. The van der Waals surface area contributed by atoms with E-state index in [-0.39, 0.29) is 6.61 Å². The monoisotopic (exact) mass is 418 g/mol. The van der Waals surface area contributed by atoms with Gasteiger partial charge in [-0.1, -0.05) is 30.3 Å². The third kappa shape index (κ3) is 4.08. The molecular formula is C20H19BrO5. The number of benzene rings is 2. The Balaban J connectivity index is 1.87. The van der Waals surface area contributed by atoms with Crippen LogP contribution >= 0.6 is 15.9 Å². The highest BCUT2D eigenvalue weighted by atomic mass is 79.9. The van der Waals surface area contributed by atoms with E-state index in [2.05, 4.69) is 15.9 Å². The fourth-order valence-electron chi connectivity index (χ4n) is 2.61. The molecule has 0 aliphatic heterocycles. The van der Waals surface area contributed by atoms with Crippen molar-refractivity contribution in [3.05, 3.63) is 63.8 Å². The second-order valence-electron chi connectivity index (χ2n) is 5.72. The Morgan fingerprint density at radius 1 is 1.15 bits per heavy atom. The molecule has 136 valence electrons. The maximum Gasteiger partial charge on any atom is 0.342 e. The van der Waals surface area contributed by atoms with Gasteiger partial charge in [0, 0.05) is 12.5 Å². The Morgan fingerprint density at radius 3 is 2.65 bits per heavy atom. The summed E-state index contributed by atoms with van der Waals surface area (Å²) in [6, 6.07) is 13.5. The number of methoxy groups -OCH3 is 1. The Kier molecular flexibility index (Phi) is 5.96. The molecule has 1 aromatic heterocycles. The largest absolute Gasteiger partial charge is 0.488 e. The van der Waals surface area contributed by atoms with Crippen LogP contribution in [0.2, 0.25) is 0 Å². The molecule has 3 aromatic rings. The standard InChI is InChI=1S/C20H19BrO5/c1-13-19(20(22)24-9-8-23-2)15-10-18(16(21)11-17(15)26-13)25-12-14-6-4-3-5-7-14/h3-7,10-11H,8-9,12H2,1-2H3. The van der Waals surface area contributed by atoms with Gasteiger partial charge in [0.15, 0.2) is 0 Å². The molecule has 0 aliphatic carbocycles. The second-order valence-corrected chi connectivity index (χ2v) is 6.57. The van der Waals surface area contributed by atoms with Crippen molar-refractivity contribution in [1.29, 1.82) is 0 Å². The Morgan fingerprint density at radius 2 is 1.92 bits per heavy atom. The summed E-state index contributed by atoms with van der Waals surface area (Å²) < 4.78 is 22.5. The smallest absolute Gasteiger partial charge is 0.342 e. The fourth-order valence-corrected chi connectivity index (χ4v) is 3.05. The first-order chi connectivity index (χ1) is 12.6. The molecule has 0 atom stereocenters. The van der Waals surface area contributed by atoms with Gasteiger partial charge in [0.1, 0.15) is 35.9 Å².